The number of benzene rings is 3. The number of fused-ring (bicyclic) bond motifs is 8. The van der Waals surface area contributed by atoms with Crippen LogP contribution >= 0.6 is 23.2 Å². The molecule has 0 aliphatic carbocycles. The van der Waals surface area contributed by atoms with Crippen LogP contribution in [0, 0.1) is 17.1 Å². The molecule has 4 aliphatic rings. The van der Waals surface area contributed by atoms with Gasteiger partial charge in [0.1, 0.15) is 40.4 Å². The number of aliphatic imine (C=N–C) groups is 1. The van der Waals surface area contributed by atoms with Crippen molar-refractivity contribution in [2.45, 2.75) is 103 Å². The molecule has 2 N–H and O–H groups in total. The van der Waals surface area contributed by atoms with Crippen molar-refractivity contribution in [1.29, 1.82) is 5.26 Å². The van der Waals surface area contributed by atoms with Crippen LogP contribution in [-0.4, -0.2) is 161 Å². The number of piperazine rings is 1. The molecule has 21 heteroatoms. The van der Waals surface area contributed by atoms with Gasteiger partial charge in [0.2, 0.25) is 5.91 Å². The van der Waals surface area contributed by atoms with Gasteiger partial charge in [0, 0.05) is 92.9 Å². The van der Waals surface area contributed by atoms with E-state index in [9.17, 15) is 19.2 Å². The Morgan fingerprint density at radius 1 is 0.966 bits per heavy atom. The van der Waals surface area contributed by atoms with Crippen molar-refractivity contribution in [3.63, 3.8) is 0 Å². The zero-order chi connectivity index (χ0) is 63.2. The quantitative estimate of drug-likeness (QED) is 0.0609. The van der Waals surface area contributed by atoms with Gasteiger partial charge in [-0.05, 0) is 123 Å². The van der Waals surface area contributed by atoms with Crippen molar-refractivity contribution in [2.24, 2.45) is 4.99 Å². The lowest BCUT2D eigenvalue weighted by molar-refractivity contribution is -0.131. The van der Waals surface area contributed by atoms with E-state index in [-0.39, 0.29) is 73.5 Å². The Balaban J connectivity index is 0.796. The lowest BCUT2D eigenvalue weighted by atomic mass is 9.70. The minimum atomic E-state index is -1.13. The van der Waals surface area contributed by atoms with E-state index in [1.807, 2.05) is 79.1 Å². The van der Waals surface area contributed by atoms with Gasteiger partial charge in [-0.3, -0.25) is 29.1 Å². The minimum Gasteiger partial charge on any atom is -0.493 e. The number of halogens is 3. The van der Waals surface area contributed by atoms with Crippen LogP contribution in [0.4, 0.5) is 20.7 Å². The maximum Gasteiger partial charge on any atom is 0.326 e. The smallest absolute Gasteiger partial charge is 0.326 e. The summed E-state index contributed by atoms with van der Waals surface area (Å²) in [4.78, 5) is 64.6. The van der Waals surface area contributed by atoms with Crippen molar-refractivity contribution in [3.8, 4) is 22.9 Å². The topological polar surface area (TPSA) is 191 Å². The molecule has 5 aromatic rings. The molecule has 0 radical (unpaired) electrons. The fourth-order valence-electron chi connectivity index (χ4n) is 12.4. The second kappa shape index (κ2) is 27.4. The number of amides is 4. The van der Waals surface area contributed by atoms with Gasteiger partial charge in [0.05, 0.1) is 75.5 Å². The summed E-state index contributed by atoms with van der Waals surface area (Å²) in [5, 5.41) is 16.3. The number of anilines is 2. The van der Waals surface area contributed by atoms with Crippen LogP contribution in [0.3, 0.4) is 0 Å². The molecule has 3 atom stereocenters. The molecule has 466 valence electrons. The number of hydrogen-bond acceptors (Lipinski definition) is 13. The van der Waals surface area contributed by atoms with Crippen LogP contribution in [0.1, 0.15) is 118 Å². The Bertz CT molecular complexity index is 3560. The summed E-state index contributed by atoms with van der Waals surface area (Å²) in [5.41, 5.74) is 11.0. The van der Waals surface area contributed by atoms with Crippen molar-refractivity contribution >= 4 is 58.4 Å². The molecule has 9 rings (SSSR count). The van der Waals surface area contributed by atoms with Crippen molar-refractivity contribution in [3.05, 3.63) is 158 Å². The van der Waals surface area contributed by atoms with E-state index in [1.54, 1.807) is 47.8 Å². The van der Waals surface area contributed by atoms with Gasteiger partial charge in [-0.1, -0.05) is 80.9 Å². The number of carbonyl (C=O) groups is 3. The molecule has 0 unspecified atom stereocenters. The number of likely N-dealkylation sites (N-methyl/N-ethyl adjacent to an activating group) is 1. The van der Waals surface area contributed by atoms with Crippen LogP contribution in [0.2, 0.25) is 5.02 Å². The van der Waals surface area contributed by atoms with Crippen LogP contribution < -0.4 is 15.4 Å². The Morgan fingerprint density at radius 2 is 1.68 bits per heavy atom. The number of ether oxygens (including phenoxy) is 3. The number of pyridine rings is 1. The SMILES string of the molecule is C=C/C(=C\C=C(/C)Cl)[C@@]1(C)N(C(=O)N2CCN(CCOCCOCCC(=O)N(C)CCn3nc(C#N)c4c3CN(C)C(=O)c3ccc(F)cc3[C@H]3CCCN3c3cc-4cnc3N)CC2)C(c2ccc(C(C)(C)C)cc2OCC)=N[C@@]1(C)c1ccc(Cl)cc1. The van der Waals surface area contributed by atoms with E-state index < -0.39 is 16.9 Å². The fraction of sp³-hybridized carbons (Fsp3) is 0.448. The fourth-order valence-corrected chi connectivity index (χ4v) is 12.5. The predicted molar refractivity (Wildman–Crippen MR) is 343 cm³/mol. The lowest BCUT2D eigenvalue weighted by Crippen LogP contribution is -2.63. The molecule has 3 aromatic carbocycles. The number of nitrogen functional groups attached to an aromatic ring is 1. The number of hydrogen-bond donors (Lipinski definition) is 1. The molecule has 4 amide bonds. The van der Waals surface area contributed by atoms with E-state index in [0.29, 0.717) is 133 Å². The van der Waals surface area contributed by atoms with Gasteiger partial charge in [-0.2, -0.15) is 10.4 Å². The van der Waals surface area contributed by atoms with Crippen molar-refractivity contribution in [1.82, 2.24) is 39.3 Å². The number of urea groups is 1. The Labute approximate surface area is 526 Å². The first-order valence-electron chi connectivity index (χ1n) is 30.1. The summed E-state index contributed by atoms with van der Waals surface area (Å²) in [6.07, 6.45) is 8.73. The van der Waals surface area contributed by atoms with Gasteiger partial charge in [0.15, 0.2) is 5.69 Å². The second-order valence-corrected chi connectivity index (χ2v) is 25.2. The normalized spacial score (nSPS) is 20.0. The predicted octanol–water partition coefficient (Wildman–Crippen LogP) is 11.1. The summed E-state index contributed by atoms with van der Waals surface area (Å²) in [6.45, 7) is 24.2. The second-order valence-electron chi connectivity index (χ2n) is 24.2. The first-order chi connectivity index (χ1) is 42.0. The number of carbonyl (C=O) groups excluding carboxylic acids is 3. The number of nitrogens with zero attached hydrogens (tertiary/aromatic N) is 11. The molecule has 2 fully saturated rings. The first kappa shape index (κ1) is 64.9. The van der Waals surface area contributed by atoms with Crippen LogP contribution in [0.15, 0.2) is 113 Å². The van der Waals surface area contributed by atoms with E-state index in [2.05, 4.69) is 60.3 Å². The number of aromatic nitrogens is 3. The molecule has 2 aromatic heterocycles. The number of nitrogens with two attached hydrogens (primary N) is 1. The average molecular weight is 1240 g/mol. The Hall–Kier alpha value is -7.60. The highest BCUT2D eigenvalue weighted by atomic mass is 35.5. The van der Waals surface area contributed by atoms with Crippen molar-refractivity contribution in [2.75, 3.05) is 104 Å². The molecule has 6 heterocycles. The summed E-state index contributed by atoms with van der Waals surface area (Å²) < 4.78 is 34.8. The van der Waals surface area contributed by atoms with Gasteiger partial charge in [-0.25, -0.2) is 14.2 Å². The molecule has 2 bridgehead atoms. The molecule has 18 nitrogen and oxygen atoms in total. The maximum absolute atomic E-state index is 15.6. The average Bonchev–Trinajstić information content (AvgIpc) is 1.57. The zero-order valence-electron chi connectivity index (χ0n) is 52.0. The summed E-state index contributed by atoms with van der Waals surface area (Å²) in [7, 11) is 3.37. The largest absolute Gasteiger partial charge is 0.493 e. The van der Waals surface area contributed by atoms with Gasteiger partial charge in [0.25, 0.3) is 5.91 Å². The standard InChI is InChI=1S/C67H81Cl2FN12O6/c1-11-46(16-15-44(3)68)67(8)66(7,47-17-20-49(69)21-18-47)74-62(52-23-19-48(65(4,5)6)39-58(52)88-12-2)82(67)64(85)79-30-28-78(29-31-79)33-35-87-37-36-86-34-25-59(83)76(9)27-32-81-57-43-77(10)63(84)51-24-22-50(70)40-53(51)55-14-13-26-80(55)56-38-45(42-73-61(56)72)60(57)54(41-71)75-81/h11,15-24,38-40,42,55H,1,12-14,25-37,43H2,2-10H3,(H2,72,73)/b44-15+,46-16+/t55-,66+,67-/m1/s1. The molecule has 88 heavy (non-hydrogen) atoms. The van der Waals surface area contributed by atoms with E-state index in [4.69, 9.17) is 53.2 Å². The van der Waals surface area contributed by atoms with Gasteiger partial charge >= 0.3 is 6.03 Å². The molecule has 4 aliphatic heterocycles. The third kappa shape index (κ3) is 13.4. The summed E-state index contributed by atoms with van der Waals surface area (Å²) >= 11 is 12.9. The zero-order valence-corrected chi connectivity index (χ0v) is 53.6. The number of rotatable bonds is 19. The number of nitriles is 1. The molecule has 0 spiro atoms. The van der Waals surface area contributed by atoms with Gasteiger partial charge < -0.3 is 39.5 Å². The molecule has 0 saturated carbocycles. The van der Waals surface area contributed by atoms with E-state index in [0.717, 1.165) is 23.1 Å². The Morgan fingerprint density at radius 3 is 2.36 bits per heavy atom. The van der Waals surface area contributed by atoms with E-state index >= 15 is 4.79 Å². The third-order valence-electron chi connectivity index (χ3n) is 17.5. The Kier molecular flexibility index (Phi) is 20.2. The molecule has 2 saturated heterocycles. The summed E-state index contributed by atoms with van der Waals surface area (Å²) in [5.74, 6) is 0.509. The highest BCUT2D eigenvalue weighted by Crippen LogP contribution is 2.53. The third-order valence-corrected chi connectivity index (χ3v) is 17.9. The minimum absolute atomic E-state index is 0.0656. The number of amidine groups is 1. The highest BCUT2D eigenvalue weighted by Gasteiger charge is 2.60. The van der Waals surface area contributed by atoms with Crippen LogP contribution in [0.5, 0.6) is 5.75 Å². The maximum atomic E-state index is 15.6. The van der Waals surface area contributed by atoms with Gasteiger partial charge in [-0.15, -0.1) is 0 Å². The van der Waals surface area contributed by atoms with Crippen LogP contribution in [0.25, 0.3) is 11.1 Å². The molecular weight excluding hydrogens is 1160 g/mol. The first-order valence-corrected chi connectivity index (χ1v) is 30.9. The van der Waals surface area contributed by atoms with Crippen molar-refractivity contribution < 1.29 is 33.0 Å². The number of allylic oxidation sites excluding steroid dienone is 3. The molecular formula is C67H81Cl2FN12O6. The highest BCUT2D eigenvalue weighted by molar-refractivity contribution is 6.30. The lowest BCUT2D eigenvalue weighted by Gasteiger charge is -2.48. The van der Waals surface area contributed by atoms with Crippen LogP contribution in [-0.2, 0) is 38.3 Å². The van der Waals surface area contributed by atoms with E-state index in [1.165, 1.54) is 18.2 Å². The summed E-state index contributed by atoms with van der Waals surface area (Å²) in [6, 6.07) is 21.7. The monoisotopic (exact) mass is 1240 g/mol.